The van der Waals surface area contributed by atoms with Crippen molar-refractivity contribution in [1.82, 2.24) is 0 Å². The Balaban J connectivity index is 1.76. The third-order valence-electron chi connectivity index (χ3n) is 4.20. The van der Waals surface area contributed by atoms with E-state index in [1.54, 1.807) is 13.0 Å². The summed E-state index contributed by atoms with van der Waals surface area (Å²) in [5.41, 5.74) is -1.00. The molecule has 7 heteroatoms. The normalized spacial score (nSPS) is 12.6. The number of carbonyl (C=O) groups excluding carboxylic acids is 1. The van der Waals surface area contributed by atoms with Gasteiger partial charge in [-0.15, -0.1) is 0 Å². The molecule has 1 N–H and O–H groups in total. The lowest BCUT2D eigenvalue weighted by Gasteiger charge is -2.18. The number of hydrogen-bond acceptors (Lipinski definition) is 2. The number of amides is 1. The highest BCUT2D eigenvalue weighted by Gasteiger charge is 2.33. The van der Waals surface area contributed by atoms with Crippen LogP contribution >= 0.6 is 11.6 Å². The Bertz CT molecular complexity index is 1000. The Hall–Kier alpha value is -2.73. The minimum atomic E-state index is -4.61. The van der Waals surface area contributed by atoms with Crippen LogP contribution < -0.4 is 10.1 Å². The highest BCUT2D eigenvalue weighted by atomic mass is 35.5. The number of fused-ring (bicyclic) bond motifs is 1. The average Bonchev–Trinajstić information content (AvgIpc) is 2.66. The zero-order valence-corrected chi connectivity index (χ0v) is 15.6. The van der Waals surface area contributed by atoms with Crippen molar-refractivity contribution in [2.24, 2.45) is 0 Å². The first-order chi connectivity index (χ1) is 13.3. The zero-order chi connectivity index (χ0) is 20.3. The second-order valence-electron chi connectivity index (χ2n) is 6.21. The van der Waals surface area contributed by atoms with Gasteiger partial charge in [-0.05, 0) is 47.5 Å². The van der Waals surface area contributed by atoms with Crippen molar-refractivity contribution in [2.75, 3.05) is 5.32 Å². The fourth-order valence-electron chi connectivity index (χ4n) is 2.77. The molecule has 0 aliphatic rings. The van der Waals surface area contributed by atoms with Crippen LogP contribution in [0.5, 0.6) is 5.75 Å². The first-order valence-electron chi connectivity index (χ1n) is 8.61. The van der Waals surface area contributed by atoms with Gasteiger partial charge in [-0.1, -0.05) is 48.9 Å². The van der Waals surface area contributed by atoms with E-state index in [1.807, 2.05) is 36.4 Å². The summed E-state index contributed by atoms with van der Waals surface area (Å²) in [5, 5.41) is 4.04. The molecule has 0 aliphatic carbocycles. The van der Waals surface area contributed by atoms with Crippen LogP contribution in [-0.4, -0.2) is 12.0 Å². The zero-order valence-electron chi connectivity index (χ0n) is 14.9. The maximum Gasteiger partial charge on any atom is 0.417 e. The fraction of sp³-hybridized carbons (Fsp3) is 0.190. The summed E-state index contributed by atoms with van der Waals surface area (Å²) in [6, 6.07) is 16.4. The molecule has 3 aromatic carbocycles. The Morgan fingerprint density at radius 2 is 1.79 bits per heavy atom. The van der Waals surface area contributed by atoms with Gasteiger partial charge in [-0.2, -0.15) is 13.2 Å². The maximum atomic E-state index is 13.0. The molecule has 1 atom stereocenters. The summed E-state index contributed by atoms with van der Waals surface area (Å²) in [7, 11) is 0. The van der Waals surface area contributed by atoms with Gasteiger partial charge in [0.2, 0.25) is 0 Å². The van der Waals surface area contributed by atoms with Gasteiger partial charge in [0.15, 0.2) is 6.10 Å². The fourth-order valence-corrected chi connectivity index (χ4v) is 2.99. The summed E-state index contributed by atoms with van der Waals surface area (Å²) in [4.78, 5) is 12.5. The molecule has 0 aliphatic heterocycles. The predicted molar refractivity (Wildman–Crippen MR) is 104 cm³/mol. The van der Waals surface area contributed by atoms with E-state index < -0.39 is 28.8 Å². The van der Waals surface area contributed by atoms with Crippen LogP contribution in [0.1, 0.15) is 18.9 Å². The number of carbonyl (C=O) groups is 1. The molecule has 0 radical (unpaired) electrons. The SMILES string of the molecule is CC[C@@H](Oc1ccc2ccccc2c1)C(=O)Nc1ccc(Cl)c(C(F)(F)F)c1. The summed E-state index contributed by atoms with van der Waals surface area (Å²) >= 11 is 5.60. The topological polar surface area (TPSA) is 38.3 Å². The minimum absolute atomic E-state index is 0.00212. The molecule has 146 valence electrons. The molecule has 0 unspecified atom stereocenters. The minimum Gasteiger partial charge on any atom is -0.481 e. The second-order valence-corrected chi connectivity index (χ2v) is 6.61. The first-order valence-corrected chi connectivity index (χ1v) is 8.99. The van der Waals surface area contributed by atoms with Crippen LogP contribution in [0.3, 0.4) is 0 Å². The van der Waals surface area contributed by atoms with Gasteiger partial charge in [-0.25, -0.2) is 0 Å². The number of nitrogens with one attached hydrogen (secondary N) is 1. The molecule has 0 aromatic heterocycles. The predicted octanol–water partition coefficient (Wildman–Crippen LogP) is 6.31. The van der Waals surface area contributed by atoms with Crippen molar-refractivity contribution in [1.29, 1.82) is 0 Å². The second kappa shape index (κ2) is 8.10. The van der Waals surface area contributed by atoms with E-state index in [1.165, 1.54) is 6.07 Å². The number of alkyl halides is 3. The first kappa shape index (κ1) is 20.0. The average molecular weight is 408 g/mol. The number of hydrogen-bond donors (Lipinski definition) is 1. The smallest absolute Gasteiger partial charge is 0.417 e. The quantitative estimate of drug-likeness (QED) is 0.538. The molecule has 28 heavy (non-hydrogen) atoms. The molecule has 0 bridgehead atoms. The third kappa shape index (κ3) is 4.57. The van der Waals surface area contributed by atoms with Crippen LogP contribution in [0.4, 0.5) is 18.9 Å². The molecule has 3 aromatic rings. The van der Waals surface area contributed by atoms with Crippen molar-refractivity contribution in [2.45, 2.75) is 25.6 Å². The van der Waals surface area contributed by atoms with E-state index in [4.69, 9.17) is 16.3 Å². The number of anilines is 1. The van der Waals surface area contributed by atoms with E-state index in [2.05, 4.69) is 5.32 Å². The van der Waals surface area contributed by atoms with Crippen LogP contribution in [0.25, 0.3) is 10.8 Å². The maximum absolute atomic E-state index is 13.0. The number of rotatable bonds is 5. The highest BCUT2D eigenvalue weighted by molar-refractivity contribution is 6.31. The van der Waals surface area contributed by atoms with Gasteiger partial charge in [0, 0.05) is 5.69 Å². The lowest BCUT2D eigenvalue weighted by molar-refractivity contribution is -0.137. The van der Waals surface area contributed by atoms with Gasteiger partial charge in [-0.3, -0.25) is 4.79 Å². The molecule has 0 saturated carbocycles. The molecule has 0 saturated heterocycles. The Kier molecular flexibility index (Phi) is 5.79. The monoisotopic (exact) mass is 407 g/mol. The van der Waals surface area contributed by atoms with Crippen molar-refractivity contribution >= 4 is 34.0 Å². The van der Waals surface area contributed by atoms with Crippen LogP contribution in [0.15, 0.2) is 60.7 Å². The Morgan fingerprint density at radius 1 is 1.07 bits per heavy atom. The summed E-state index contributed by atoms with van der Waals surface area (Å²) < 4.78 is 44.7. The van der Waals surface area contributed by atoms with Crippen LogP contribution in [0, 0.1) is 0 Å². The van der Waals surface area contributed by atoms with Crippen LogP contribution in [-0.2, 0) is 11.0 Å². The van der Waals surface area contributed by atoms with Crippen molar-refractivity contribution < 1.29 is 22.7 Å². The van der Waals surface area contributed by atoms with Gasteiger partial charge in [0.25, 0.3) is 5.91 Å². The van der Waals surface area contributed by atoms with Gasteiger partial charge >= 0.3 is 6.18 Å². The highest BCUT2D eigenvalue weighted by Crippen LogP contribution is 2.36. The van der Waals surface area contributed by atoms with Crippen molar-refractivity contribution in [3.05, 3.63) is 71.2 Å². The Morgan fingerprint density at radius 3 is 2.46 bits per heavy atom. The molecule has 0 heterocycles. The molecule has 3 nitrogen and oxygen atoms in total. The molecule has 3 rings (SSSR count). The molecular formula is C21H17ClF3NO2. The van der Waals surface area contributed by atoms with Gasteiger partial charge < -0.3 is 10.1 Å². The molecule has 1 amide bonds. The van der Waals surface area contributed by atoms with E-state index >= 15 is 0 Å². The third-order valence-corrected chi connectivity index (χ3v) is 4.53. The van der Waals surface area contributed by atoms with E-state index in [9.17, 15) is 18.0 Å². The van der Waals surface area contributed by atoms with Crippen molar-refractivity contribution in [3.63, 3.8) is 0 Å². The molecular weight excluding hydrogens is 391 g/mol. The van der Waals surface area contributed by atoms with E-state index in [0.29, 0.717) is 12.2 Å². The summed E-state index contributed by atoms with van der Waals surface area (Å²) in [6.07, 6.45) is -5.12. The number of halogens is 4. The Labute approximate surface area is 165 Å². The standard InChI is InChI=1S/C21H17ClF3NO2/c1-2-19(28-16-9-7-13-5-3-4-6-14(13)11-16)20(27)26-15-8-10-18(22)17(12-15)21(23,24)25/h3-12,19H,2H2,1H3,(H,26,27)/t19-/m1/s1. The largest absolute Gasteiger partial charge is 0.481 e. The van der Waals surface area contributed by atoms with E-state index in [-0.39, 0.29) is 5.69 Å². The summed E-state index contributed by atoms with van der Waals surface area (Å²) in [6.45, 7) is 1.76. The lowest BCUT2D eigenvalue weighted by atomic mass is 10.1. The number of benzene rings is 3. The summed E-state index contributed by atoms with van der Waals surface area (Å²) in [5.74, 6) is -0.0288. The molecule has 0 spiro atoms. The van der Waals surface area contributed by atoms with E-state index in [0.717, 1.165) is 22.9 Å². The van der Waals surface area contributed by atoms with Crippen LogP contribution in [0.2, 0.25) is 5.02 Å². The molecule has 0 fully saturated rings. The lowest BCUT2D eigenvalue weighted by Crippen LogP contribution is -2.32. The van der Waals surface area contributed by atoms with Crippen molar-refractivity contribution in [3.8, 4) is 5.75 Å². The van der Waals surface area contributed by atoms with Gasteiger partial charge in [0.05, 0.1) is 10.6 Å². The number of ether oxygens (including phenoxy) is 1. The van der Waals surface area contributed by atoms with Gasteiger partial charge in [0.1, 0.15) is 5.75 Å².